The number of nitrogens with zero attached hydrogens (tertiary/aromatic N) is 3. The van der Waals surface area contributed by atoms with Crippen molar-refractivity contribution in [3.63, 3.8) is 0 Å². The molecule has 0 fully saturated rings. The Morgan fingerprint density at radius 3 is 2.81 bits per heavy atom. The molecular formula is C12H8FN3. The third kappa shape index (κ3) is 2.04. The van der Waals surface area contributed by atoms with Gasteiger partial charge in [0.15, 0.2) is 0 Å². The molecule has 4 heteroatoms. The van der Waals surface area contributed by atoms with Crippen molar-refractivity contribution in [3.8, 4) is 17.3 Å². The van der Waals surface area contributed by atoms with Crippen LogP contribution in [0.4, 0.5) is 4.39 Å². The molecule has 78 valence electrons. The summed E-state index contributed by atoms with van der Waals surface area (Å²) in [4.78, 5) is 7.74. The van der Waals surface area contributed by atoms with Crippen LogP contribution in [0.25, 0.3) is 11.3 Å². The van der Waals surface area contributed by atoms with E-state index in [9.17, 15) is 4.39 Å². The van der Waals surface area contributed by atoms with Gasteiger partial charge in [0.2, 0.25) is 5.95 Å². The molecule has 0 radical (unpaired) electrons. The summed E-state index contributed by atoms with van der Waals surface area (Å²) in [6, 6.07) is 8.72. The van der Waals surface area contributed by atoms with Gasteiger partial charge < -0.3 is 0 Å². The lowest BCUT2D eigenvalue weighted by Gasteiger charge is -2.02. The Kier molecular flexibility index (Phi) is 2.88. The zero-order valence-corrected chi connectivity index (χ0v) is 8.39. The second-order valence-corrected chi connectivity index (χ2v) is 3.22. The molecule has 0 aliphatic rings. The Labute approximate surface area is 92.2 Å². The molecule has 0 saturated heterocycles. The van der Waals surface area contributed by atoms with Crippen LogP contribution in [0, 0.1) is 17.3 Å². The van der Waals surface area contributed by atoms with Gasteiger partial charge in [0.25, 0.3) is 0 Å². The fraction of sp³-hybridized carbons (Fsp3) is 0.0833. The monoisotopic (exact) mass is 213 g/mol. The maximum absolute atomic E-state index is 13.4. The maximum atomic E-state index is 13.4. The molecule has 0 aliphatic carbocycles. The Hall–Kier alpha value is -2.28. The smallest absolute Gasteiger partial charge is 0.217 e. The molecule has 0 N–H and O–H groups in total. The molecule has 0 unspecified atom stereocenters. The topological polar surface area (TPSA) is 49.6 Å². The Morgan fingerprint density at radius 2 is 2.19 bits per heavy atom. The lowest BCUT2D eigenvalue weighted by Crippen LogP contribution is -1.95. The van der Waals surface area contributed by atoms with Crippen molar-refractivity contribution in [1.29, 1.82) is 5.26 Å². The van der Waals surface area contributed by atoms with Gasteiger partial charge >= 0.3 is 0 Å². The summed E-state index contributed by atoms with van der Waals surface area (Å²) in [6.45, 7) is 0. The minimum atomic E-state index is -0.595. The summed E-state index contributed by atoms with van der Waals surface area (Å²) in [7, 11) is 0. The fourth-order valence-electron chi connectivity index (χ4n) is 1.36. The van der Waals surface area contributed by atoms with Crippen molar-refractivity contribution in [2.45, 2.75) is 6.42 Å². The predicted molar refractivity (Wildman–Crippen MR) is 56.7 cm³/mol. The first-order valence-electron chi connectivity index (χ1n) is 4.74. The maximum Gasteiger partial charge on any atom is 0.217 e. The van der Waals surface area contributed by atoms with Gasteiger partial charge in [-0.05, 0) is 18.2 Å². The minimum absolute atomic E-state index is 0.0339. The molecule has 2 aromatic rings. The summed E-state index contributed by atoms with van der Waals surface area (Å²) in [6.07, 6.45) is 3.29. The van der Waals surface area contributed by atoms with Crippen LogP contribution in [-0.2, 0) is 6.42 Å². The van der Waals surface area contributed by atoms with Crippen molar-refractivity contribution in [2.24, 2.45) is 0 Å². The average molecular weight is 213 g/mol. The Balaban J connectivity index is 2.39. The van der Waals surface area contributed by atoms with Crippen LogP contribution in [0.5, 0.6) is 0 Å². The molecule has 0 aromatic carbocycles. The third-order valence-corrected chi connectivity index (χ3v) is 2.15. The van der Waals surface area contributed by atoms with E-state index in [-0.39, 0.29) is 6.42 Å². The van der Waals surface area contributed by atoms with Gasteiger partial charge in [0, 0.05) is 23.5 Å². The van der Waals surface area contributed by atoms with Crippen LogP contribution < -0.4 is 0 Å². The number of halogens is 1. The van der Waals surface area contributed by atoms with Gasteiger partial charge in [0.05, 0.1) is 18.2 Å². The van der Waals surface area contributed by atoms with E-state index in [1.807, 2.05) is 6.07 Å². The van der Waals surface area contributed by atoms with E-state index in [4.69, 9.17) is 5.26 Å². The normalized spacial score (nSPS) is 9.75. The summed E-state index contributed by atoms with van der Waals surface area (Å²) >= 11 is 0. The van der Waals surface area contributed by atoms with Crippen molar-refractivity contribution in [1.82, 2.24) is 9.97 Å². The average Bonchev–Trinajstić information content (AvgIpc) is 2.33. The number of aromatic nitrogens is 2. The molecular weight excluding hydrogens is 205 g/mol. The fourth-order valence-corrected chi connectivity index (χ4v) is 1.36. The Bertz CT molecular complexity index is 532. The molecule has 0 saturated carbocycles. The van der Waals surface area contributed by atoms with Gasteiger partial charge in [-0.15, -0.1) is 0 Å². The second-order valence-electron chi connectivity index (χ2n) is 3.22. The zero-order valence-electron chi connectivity index (χ0n) is 8.39. The van der Waals surface area contributed by atoms with Crippen molar-refractivity contribution in [3.05, 3.63) is 48.2 Å². The zero-order chi connectivity index (χ0) is 11.4. The van der Waals surface area contributed by atoms with Gasteiger partial charge in [-0.2, -0.15) is 9.65 Å². The lowest BCUT2D eigenvalue weighted by molar-refractivity contribution is 0.573. The highest BCUT2D eigenvalue weighted by atomic mass is 19.1. The van der Waals surface area contributed by atoms with Gasteiger partial charge in [-0.3, -0.25) is 4.98 Å². The van der Waals surface area contributed by atoms with Crippen LogP contribution in [0.15, 0.2) is 36.7 Å². The van der Waals surface area contributed by atoms with Crippen LogP contribution >= 0.6 is 0 Å². The van der Waals surface area contributed by atoms with Crippen LogP contribution in [-0.4, -0.2) is 9.97 Å². The number of rotatable bonds is 2. The minimum Gasteiger partial charge on any atom is -0.264 e. The second kappa shape index (κ2) is 4.49. The van der Waals surface area contributed by atoms with Crippen LogP contribution in [0.3, 0.4) is 0 Å². The summed E-state index contributed by atoms with van der Waals surface area (Å²) in [5, 5.41) is 8.48. The van der Waals surface area contributed by atoms with Crippen molar-refractivity contribution < 1.29 is 4.39 Å². The lowest BCUT2D eigenvalue weighted by atomic mass is 10.1. The predicted octanol–water partition coefficient (Wildman–Crippen LogP) is 2.35. The Morgan fingerprint density at radius 1 is 1.31 bits per heavy atom. The van der Waals surface area contributed by atoms with Crippen LogP contribution in [0.1, 0.15) is 5.56 Å². The number of hydrogen-bond acceptors (Lipinski definition) is 3. The quantitative estimate of drug-likeness (QED) is 0.719. The van der Waals surface area contributed by atoms with E-state index in [0.29, 0.717) is 11.3 Å². The molecule has 0 aliphatic heterocycles. The summed E-state index contributed by atoms with van der Waals surface area (Å²) < 4.78 is 13.4. The first-order valence-corrected chi connectivity index (χ1v) is 4.74. The van der Waals surface area contributed by atoms with E-state index < -0.39 is 5.95 Å². The molecule has 2 heterocycles. The molecule has 0 bridgehead atoms. The summed E-state index contributed by atoms with van der Waals surface area (Å²) in [5.41, 5.74) is 1.59. The highest BCUT2D eigenvalue weighted by molar-refractivity contribution is 5.57. The first kappa shape index (κ1) is 10.2. The van der Waals surface area contributed by atoms with E-state index in [1.54, 1.807) is 36.7 Å². The molecule has 2 aromatic heterocycles. The van der Waals surface area contributed by atoms with Crippen LogP contribution in [0.2, 0.25) is 0 Å². The molecule has 3 nitrogen and oxygen atoms in total. The van der Waals surface area contributed by atoms with Crippen molar-refractivity contribution in [2.75, 3.05) is 0 Å². The van der Waals surface area contributed by atoms with Gasteiger partial charge in [0.1, 0.15) is 0 Å². The molecule has 0 amide bonds. The van der Waals surface area contributed by atoms with E-state index in [0.717, 1.165) is 5.56 Å². The number of hydrogen-bond donors (Lipinski definition) is 0. The summed E-state index contributed by atoms with van der Waals surface area (Å²) in [5.74, 6) is -0.595. The third-order valence-electron chi connectivity index (χ3n) is 2.15. The molecule has 0 atom stereocenters. The van der Waals surface area contributed by atoms with Gasteiger partial charge in [-0.1, -0.05) is 6.07 Å². The number of pyridine rings is 2. The van der Waals surface area contributed by atoms with E-state index >= 15 is 0 Å². The number of nitriles is 1. The first-order chi connectivity index (χ1) is 7.81. The highest BCUT2D eigenvalue weighted by Crippen LogP contribution is 2.17. The van der Waals surface area contributed by atoms with Gasteiger partial charge in [-0.25, -0.2) is 4.98 Å². The highest BCUT2D eigenvalue weighted by Gasteiger charge is 2.06. The SMILES string of the molecule is N#CCc1ccc(-c2cccnc2)nc1F. The molecule has 0 spiro atoms. The van der Waals surface area contributed by atoms with E-state index in [1.165, 1.54) is 0 Å². The molecule has 16 heavy (non-hydrogen) atoms. The molecule has 2 rings (SSSR count). The largest absolute Gasteiger partial charge is 0.264 e. The standard InChI is InChI=1S/C12H8FN3/c13-12-9(5-6-14)3-4-11(16-12)10-2-1-7-15-8-10/h1-4,7-8H,5H2. The van der Waals surface area contributed by atoms with Crippen molar-refractivity contribution >= 4 is 0 Å². The van der Waals surface area contributed by atoms with E-state index in [2.05, 4.69) is 9.97 Å².